The fourth-order valence-corrected chi connectivity index (χ4v) is 12.6. The Kier molecular flexibility index (Phi) is 9.22. The average Bonchev–Trinajstić information content (AvgIpc) is 4.00. The largest absolute Gasteiger partial charge is 0.310 e. The lowest BCUT2D eigenvalue weighted by molar-refractivity contribution is 0.660. The molecule has 71 heavy (non-hydrogen) atoms. The van der Waals surface area contributed by atoms with Crippen molar-refractivity contribution in [3.05, 3.63) is 294 Å². The van der Waals surface area contributed by atoms with Crippen molar-refractivity contribution in [2.45, 2.75) is 24.7 Å². The van der Waals surface area contributed by atoms with Gasteiger partial charge in [-0.05, 0) is 160 Å². The Labute approximate surface area is 416 Å². The fourth-order valence-electron chi connectivity index (χ4n) is 12.6. The standard InChI is InChI=1S/C70H49N/c1-69(2)64-40-41-65-68(59-26-14-17-29-63(59)70(65)61-27-15-12-24-57(61)58-25-13-16-28-62(58)70)67(64)60-39-34-51(45-66(60)69)50-32-37-55(38-33-50)71(54-35-30-49(31-36-54)46-18-6-3-7-19-46)56-43-52(47-20-8-4-9-21-47)42-53(44-56)48-22-10-5-11-23-48/h3-45H,1-2H3. The van der Waals surface area contributed by atoms with Gasteiger partial charge in [-0.3, -0.25) is 0 Å². The molecule has 11 aromatic carbocycles. The molecule has 0 heterocycles. The summed E-state index contributed by atoms with van der Waals surface area (Å²) in [6, 6.07) is 96.9. The van der Waals surface area contributed by atoms with Gasteiger partial charge in [-0.2, -0.15) is 0 Å². The van der Waals surface area contributed by atoms with Crippen molar-refractivity contribution in [3.8, 4) is 77.9 Å². The van der Waals surface area contributed by atoms with Crippen LogP contribution >= 0.6 is 0 Å². The molecule has 11 aromatic rings. The quantitative estimate of drug-likeness (QED) is 0.154. The third-order valence-corrected chi connectivity index (χ3v) is 15.9. The van der Waals surface area contributed by atoms with E-state index in [4.69, 9.17) is 0 Å². The van der Waals surface area contributed by atoms with E-state index in [1.165, 1.54) is 111 Å². The normalized spacial score (nSPS) is 13.7. The Morgan fingerprint density at radius 3 is 1.15 bits per heavy atom. The summed E-state index contributed by atoms with van der Waals surface area (Å²) in [6.45, 7) is 4.84. The maximum Gasteiger partial charge on any atom is 0.0725 e. The molecule has 0 N–H and O–H groups in total. The van der Waals surface area contributed by atoms with Crippen molar-refractivity contribution in [3.63, 3.8) is 0 Å². The molecule has 3 aliphatic rings. The number of fused-ring (bicyclic) bond motifs is 14. The molecule has 0 radical (unpaired) electrons. The van der Waals surface area contributed by atoms with E-state index in [1.807, 2.05) is 0 Å². The number of anilines is 3. The van der Waals surface area contributed by atoms with Crippen molar-refractivity contribution < 1.29 is 0 Å². The third-order valence-electron chi connectivity index (χ3n) is 15.9. The zero-order valence-corrected chi connectivity index (χ0v) is 39.8. The zero-order valence-electron chi connectivity index (χ0n) is 39.8. The number of hydrogen-bond donors (Lipinski definition) is 0. The van der Waals surface area contributed by atoms with E-state index in [9.17, 15) is 0 Å². The maximum absolute atomic E-state index is 2.48. The van der Waals surface area contributed by atoms with Gasteiger partial charge in [-0.15, -0.1) is 0 Å². The van der Waals surface area contributed by atoms with Crippen molar-refractivity contribution in [1.82, 2.24) is 0 Å². The molecule has 3 aliphatic carbocycles. The van der Waals surface area contributed by atoms with Gasteiger partial charge in [0.25, 0.3) is 0 Å². The van der Waals surface area contributed by atoms with Crippen molar-refractivity contribution in [1.29, 1.82) is 0 Å². The number of nitrogens with zero attached hydrogens (tertiary/aromatic N) is 1. The molecule has 0 aliphatic heterocycles. The van der Waals surface area contributed by atoms with E-state index in [2.05, 4.69) is 280 Å². The van der Waals surface area contributed by atoms with E-state index in [0.717, 1.165) is 17.1 Å². The van der Waals surface area contributed by atoms with E-state index >= 15 is 0 Å². The Balaban J connectivity index is 0.887. The van der Waals surface area contributed by atoms with Crippen LogP contribution in [0.2, 0.25) is 0 Å². The van der Waals surface area contributed by atoms with Gasteiger partial charge in [0, 0.05) is 22.5 Å². The van der Waals surface area contributed by atoms with Gasteiger partial charge in [0.2, 0.25) is 0 Å². The fraction of sp³-hybridized carbons (Fsp3) is 0.0571. The smallest absolute Gasteiger partial charge is 0.0725 e. The molecule has 0 atom stereocenters. The third kappa shape index (κ3) is 6.19. The van der Waals surface area contributed by atoms with Crippen LogP contribution in [0.3, 0.4) is 0 Å². The molecule has 1 heteroatoms. The summed E-state index contributed by atoms with van der Waals surface area (Å²) in [6.07, 6.45) is 0. The van der Waals surface area contributed by atoms with Crippen molar-refractivity contribution in [2.24, 2.45) is 0 Å². The van der Waals surface area contributed by atoms with Crippen LogP contribution in [0.15, 0.2) is 261 Å². The van der Waals surface area contributed by atoms with Crippen molar-refractivity contribution in [2.75, 3.05) is 4.90 Å². The van der Waals surface area contributed by atoms with Gasteiger partial charge < -0.3 is 4.90 Å². The van der Waals surface area contributed by atoms with Gasteiger partial charge in [-0.1, -0.05) is 226 Å². The molecular weight excluding hydrogens is 855 g/mol. The van der Waals surface area contributed by atoms with Gasteiger partial charge in [0.15, 0.2) is 0 Å². The van der Waals surface area contributed by atoms with Crippen LogP contribution in [0.1, 0.15) is 47.2 Å². The minimum absolute atomic E-state index is 0.200. The average molecular weight is 904 g/mol. The number of benzene rings is 11. The van der Waals surface area contributed by atoms with Crippen LogP contribution in [0.25, 0.3) is 77.9 Å². The highest BCUT2D eigenvalue weighted by atomic mass is 15.1. The lowest BCUT2D eigenvalue weighted by Crippen LogP contribution is -2.26. The first-order chi connectivity index (χ1) is 35.0. The van der Waals surface area contributed by atoms with Crippen LogP contribution in [0, 0.1) is 0 Å². The molecule has 0 aromatic heterocycles. The molecule has 0 amide bonds. The molecule has 334 valence electrons. The van der Waals surface area contributed by atoms with E-state index in [1.54, 1.807) is 0 Å². The highest BCUT2D eigenvalue weighted by Gasteiger charge is 2.53. The molecule has 0 bridgehead atoms. The Hall–Kier alpha value is -8.78. The van der Waals surface area contributed by atoms with Gasteiger partial charge in [-0.25, -0.2) is 0 Å². The van der Waals surface area contributed by atoms with E-state index in [-0.39, 0.29) is 10.8 Å². The summed E-state index contributed by atoms with van der Waals surface area (Å²) < 4.78 is 0. The van der Waals surface area contributed by atoms with Crippen LogP contribution in [-0.2, 0) is 10.8 Å². The van der Waals surface area contributed by atoms with E-state index < -0.39 is 0 Å². The first-order valence-corrected chi connectivity index (χ1v) is 24.9. The molecular formula is C70H49N. The maximum atomic E-state index is 2.48. The second-order valence-corrected chi connectivity index (χ2v) is 20.0. The highest BCUT2D eigenvalue weighted by Crippen LogP contribution is 2.66. The summed E-state index contributed by atoms with van der Waals surface area (Å²) in [4.78, 5) is 2.41. The second-order valence-electron chi connectivity index (χ2n) is 20.0. The number of hydrogen-bond acceptors (Lipinski definition) is 1. The summed E-state index contributed by atoms with van der Waals surface area (Å²) in [5, 5.41) is 0. The van der Waals surface area contributed by atoms with Crippen LogP contribution < -0.4 is 4.90 Å². The first-order valence-electron chi connectivity index (χ1n) is 24.9. The minimum Gasteiger partial charge on any atom is -0.310 e. The van der Waals surface area contributed by atoms with Crippen LogP contribution in [0.4, 0.5) is 17.1 Å². The minimum atomic E-state index is -0.369. The topological polar surface area (TPSA) is 3.24 Å². The SMILES string of the molecule is CC1(C)c2cc(-c3ccc(N(c4ccc(-c5ccccc5)cc4)c4cc(-c5ccccc5)cc(-c5ccccc5)c4)cc3)ccc2-c2c1ccc1c2-c2ccccc2C12c1ccccc1-c1ccccc12. The lowest BCUT2D eigenvalue weighted by atomic mass is 9.70. The Morgan fingerprint density at radius 2 is 0.620 bits per heavy atom. The number of rotatable bonds is 7. The first kappa shape index (κ1) is 41.2. The van der Waals surface area contributed by atoms with Gasteiger partial charge in [0.1, 0.15) is 0 Å². The van der Waals surface area contributed by atoms with E-state index in [0.29, 0.717) is 0 Å². The molecule has 1 nitrogen and oxygen atoms in total. The lowest BCUT2D eigenvalue weighted by Gasteiger charge is -2.31. The molecule has 0 saturated heterocycles. The predicted molar refractivity (Wildman–Crippen MR) is 297 cm³/mol. The molecule has 14 rings (SSSR count). The summed E-state index contributed by atoms with van der Waals surface area (Å²) >= 11 is 0. The Bertz CT molecular complexity index is 3760. The zero-order chi connectivity index (χ0) is 47.3. The monoisotopic (exact) mass is 903 g/mol. The summed E-state index contributed by atoms with van der Waals surface area (Å²) in [7, 11) is 0. The van der Waals surface area contributed by atoms with Gasteiger partial charge in [0.05, 0.1) is 5.41 Å². The molecule has 0 unspecified atom stereocenters. The molecule has 0 fully saturated rings. The highest BCUT2D eigenvalue weighted by molar-refractivity contribution is 6.03. The molecule has 0 saturated carbocycles. The molecule has 1 spiro atoms. The van der Waals surface area contributed by atoms with Crippen LogP contribution in [0.5, 0.6) is 0 Å². The predicted octanol–water partition coefficient (Wildman–Crippen LogP) is 18.5. The Morgan fingerprint density at radius 1 is 0.239 bits per heavy atom. The van der Waals surface area contributed by atoms with Crippen molar-refractivity contribution >= 4 is 17.1 Å². The summed E-state index contributed by atoms with van der Waals surface area (Å²) in [5.41, 5.74) is 28.7. The van der Waals surface area contributed by atoms with Gasteiger partial charge >= 0.3 is 0 Å². The van der Waals surface area contributed by atoms with Crippen LogP contribution in [-0.4, -0.2) is 0 Å². The summed E-state index contributed by atoms with van der Waals surface area (Å²) in [5.74, 6) is 0. The second kappa shape index (κ2) is 15.9.